The number of carbonyl (C=O) groups excluding carboxylic acids is 1. The maximum absolute atomic E-state index is 12.1. The molecule has 6 nitrogen and oxygen atoms in total. The Kier molecular flexibility index (Phi) is 3.16. The van der Waals surface area contributed by atoms with Crippen LogP contribution in [0.5, 0.6) is 0 Å². The van der Waals surface area contributed by atoms with Gasteiger partial charge in [-0.25, -0.2) is 4.68 Å². The quantitative estimate of drug-likeness (QED) is 0.831. The lowest BCUT2D eigenvalue weighted by Crippen LogP contribution is -2.28. The zero-order valence-electron chi connectivity index (χ0n) is 10.5. The highest BCUT2D eigenvalue weighted by Crippen LogP contribution is 2.16. The number of benzene rings is 1. The molecule has 98 valence electrons. The number of aryl methyl sites for hydroxylation is 1. The number of rotatable bonds is 3. The van der Waals surface area contributed by atoms with Gasteiger partial charge in [0.15, 0.2) is 5.78 Å². The number of carboxylic acids is 1. The maximum atomic E-state index is 12.1. The third kappa shape index (κ3) is 2.37. The third-order valence-corrected chi connectivity index (χ3v) is 2.73. The Balaban J connectivity index is 2.86. The highest BCUT2D eigenvalue weighted by Gasteiger charge is 2.15. The van der Waals surface area contributed by atoms with E-state index in [-0.39, 0.29) is 11.5 Å². The number of aliphatic carboxylic acids is 1. The van der Waals surface area contributed by atoms with Gasteiger partial charge in [-0.1, -0.05) is 11.6 Å². The molecule has 0 aliphatic heterocycles. The number of carboxylic acid groups (broad SMARTS) is 1. The molecule has 0 unspecified atom stereocenters. The molecular formula is C13H12N2O4. The number of hydrogen-bond donors (Lipinski definition) is 1. The molecule has 0 aliphatic rings. The first-order chi connectivity index (χ1) is 8.90. The van der Waals surface area contributed by atoms with Crippen molar-refractivity contribution in [1.29, 1.82) is 0 Å². The average Bonchev–Trinajstić information content (AvgIpc) is 2.31. The molecule has 0 amide bonds. The Labute approximate surface area is 108 Å². The van der Waals surface area contributed by atoms with Crippen LogP contribution in [-0.2, 0) is 11.3 Å². The van der Waals surface area contributed by atoms with Crippen molar-refractivity contribution < 1.29 is 14.7 Å². The van der Waals surface area contributed by atoms with Crippen molar-refractivity contribution >= 4 is 22.5 Å². The Morgan fingerprint density at radius 1 is 1.32 bits per heavy atom. The van der Waals surface area contributed by atoms with Crippen molar-refractivity contribution in [2.75, 3.05) is 0 Å². The van der Waals surface area contributed by atoms with Crippen molar-refractivity contribution in [1.82, 2.24) is 9.78 Å². The van der Waals surface area contributed by atoms with E-state index in [2.05, 4.69) is 5.10 Å². The van der Waals surface area contributed by atoms with E-state index in [1.165, 1.54) is 6.92 Å². The number of aromatic nitrogens is 2. The summed E-state index contributed by atoms with van der Waals surface area (Å²) in [6.07, 6.45) is 0. The SMILES string of the molecule is CC(=O)c1nn(CC(=O)O)c(=O)c2ccc(C)cc12. The summed E-state index contributed by atoms with van der Waals surface area (Å²) in [4.78, 5) is 34.4. The Bertz CT molecular complexity index is 746. The number of ketones is 1. The van der Waals surface area contributed by atoms with Gasteiger partial charge in [0.25, 0.3) is 5.56 Å². The van der Waals surface area contributed by atoms with E-state index < -0.39 is 18.1 Å². The molecule has 6 heteroatoms. The first-order valence-corrected chi connectivity index (χ1v) is 5.64. The molecule has 1 heterocycles. The first kappa shape index (κ1) is 12.9. The molecule has 0 fully saturated rings. The van der Waals surface area contributed by atoms with Crippen LogP contribution in [0, 0.1) is 6.92 Å². The van der Waals surface area contributed by atoms with Gasteiger partial charge >= 0.3 is 5.97 Å². The molecule has 0 saturated heterocycles. The first-order valence-electron chi connectivity index (χ1n) is 5.64. The fourth-order valence-corrected chi connectivity index (χ4v) is 1.89. The molecule has 0 atom stereocenters. The van der Waals surface area contributed by atoms with Gasteiger partial charge < -0.3 is 5.11 Å². The second-order valence-electron chi connectivity index (χ2n) is 4.31. The van der Waals surface area contributed by atoms with E-state index in [1.807, 2.05) is 6.92 Å². The standard InChI is InChI=1S/C13H12N2O4/c1-7-3-4-9-10(5-7)12(8(2)16)14-15(13(9)19)6-11(17)18/h3-5H,6H2,1-2H3,(H,17,18). The van der Waals surface area contributed by atoms with Gasteiger partial charge in [-0.05, 0) is 19.1 Å². The minimum Gasteiger partial charge on any atom is -0.480 e. The fraction of sp³-hybridized carbons (Fsp3) is 0.231. The van der Waals surface area contributed by atoms with Gasteiger partial charge in [0.05, 0.1) is 5.39 Å². The summed E-state index contributed by atoms with van der Waals surface area (Å²) >= 11 is 0. The molecule has 0 aliphatic carbocycles. The van der Waals surface area contributed by atoms with Crippen molar-refractivity contribution in [2.45, 2.75) is 20.4 Å². The Morgan fingerprint density at radius 3 is 2.58 bits per heavy atom. The lowest BCUT2D eigenvalue weighted by molar-refractivity contribution is -0.138. The summed E-state index contributed by atoms with van der Waals surface area (Å²) in [5.74, 6) is -1.50. The van der Waals surface area contributed by atoms with Gasteiger partial charge in [-0.2, -0.15) is 5.10 Å². The van der Waals surface area contributed by atoms with Crippen LogP contribution in [0.25, 0.3) is 10.8 Å². The van der Waals surface area contributed by atoms with E-state index >= 15 is 0 Å². The van der Waals surface area contributed by atoms with E-state index in [4.69, 9.17) is 5.11 Å². The number of Topliss-reactive ketones (excluding diaryl/α,β-unsaturated/α-hetero) is 1. The molecule has 19 heavy (non-hydrogen) atoms. The molecule has 1 aromatic heterocycles. The van der Waals surface area contributed by atoms with Crippen LogP contribution >= 0.6 is 0 Å². The minimum absolute atomic E-state index is 0.111. The topological polar surface area (TPSA) is 89.3 Å². The van der Waals surface area contributed by atoms with Gasteiger partial charge in [0.2, 0.25) is 0 Å². The lowest BCUT2D eigenvalue weighted by Gasteiger charge is -2.08. The second-order valence-corrected chi connectivity index (χ2v) is 4.31. The lowest BCUT2D eigenvalue weighted by atomic mass is 10.1. The second kappa shape index (κ2) is 4.64. The van der Waals surface area contributed by atoms with Crippen molar-refractivity contribution in [3.8, 4) is 0 Å². The fourth-order valence-electron chi connectivity index (χ4n) is 1.89. The van der Waals surface area contributed by atoms with Crippen LogP contribution in [0.1, 0.15) is 23.0 Å². The van der Waals surface area contributed by atoms with Crippen LogP contribution < -0.4 is 5.56 Å². The van der Waals surface area contributed by atoms with Crippen LogP contribution in [0.2, 0.25) is 0 Å². The van der Waals surface area contributed by atoms with Gasteiger partial charge in [-0.15, -0.1) is 0 Å². The highest BCUT2D eigenvalue weighted by atomic mass is 16.4. The Hall–Kier alpha value is -2.50. The smallest absolute Gasteiger partial charge is 0.325 e. The third-order valence-electron chi connectivity index (χ3n) is 2.73. The summed E-state index contributed by atoms with van der Waals surface area (Å²) in [6.45, 7) is 2.61. The van der Waals surface area contributed by atoms with Gasteiger partial charge in [0, 0.05) is 12.3 Å². The molecule has 0 spiro atoms. The van der Waals surface area contributed by atoms with Gasteiger partial charge in [-0.3, -0.25) is 14.4 Å². The maximum Gasteiger partial charge on any atom is 0.325 e. The van der Waals surface area contributed by atoms with Crippen LogP contribution in [0.4, 0.5) is 0 Å². The minimum atomic E-state index is -1.18. The zero-order chi connectivity index (χ0) is 14.2. The van der Waals surface area contributed by atoms with E-state index in [0.717, 1.165) is 10.2 Å². The largest absolute Gasteiger partial charge is 0.480 e. The molecule has 1 N–H and O–H groups in total. The summed E-state index contributed by atoms with van der Waals surface area (Å²) in [5.41, 5.74) is 0.495. The predicted molar refractivity (Wildman–Crippen MR) is 68.4 cm³/mol. The molecule has 0 saturated carbocycles. The van der Waals surface area contributed by atoms with Gasteiger partial charge in [0.1, 0.15) is 12.2 Å². The molecule has 2 rings (SSSR count). The monoisotopic (exact) mass is 260 g/mol. The predicted octanol–water partition coefficient (Wildman–Crippen LogP) is 0.992. The normalized spacial score (nSPS) is 10.6. The molecule has 1 aromatic carbocycles. The molecular weight excluding hydrogens is 248 g/mol. The number of nitrogens with zero attached hydrogens (tertiary/aromatic N) is 2. The highest BCUT2D eigenvalue weighted by molar-refractivity contribution is 6.04. The summed E-state index contributed by atoms with van der Waals surface area (Å²) in [5, 5.41) is 13.4. The summed E-state index contributed by atoms with van der Waals surface area (Å²) in [7, 11) is 0. The summed E-state index contributed by atoms with van der Waals surface area (Å²) in [6, 6.07) is 5.02. The molecule has 2 aromatic rings. The van der Waals surface area contributed by atoms with E-state index in [0.29, 0.717) is 10.8 Å². The number of fused-ring (bicyclic) bond motifs is 1. The van der Waals surface area contributed by atoms with Crippen molar-refractivity contribution in [2.24, 2.45) is 0 Å². The average molecular weight is 260 g/mol. The van der Waals surface area contributed by atoms with Crippen LogP contribution in [0.15, 0.2) is 23.0 Å². The number of carbonyl (C=O) groups is 2. The van der Waals surface area contributed by atoms with Crippen LogP contribution in [0.3, 0.4) is 0 Å². The zero-order valence-corrected chi connectivity index (χ0v) is 10.5. The van der Waals surface area contributed by atoms with Crippen LogP contribution in [-0.4, -0.2) is 26.6 Å². The molecule has 0 radical (unpaired) electrons. The van der Waals surface area contributed by atoms with E-state index in [9.17, 15) is 14.4 Å². The van der Waals surface area contributed by atoms with E-state index in [1.54, 1.807) is 18.2 Å². The summed E-state index contributed by atoms with van der Waals surface area (Å²) < 4.78 is 0.802. The Morgan fingerprint density at radius 2 is 2.00 bits per heavy atom. The number of hydrogen-bond acceptors (Lipinski definition) is 4. The molecule has 0 bridgehead atoms. The van der Waals surface area contributed by atoms with Crippen molar-refractivity contribution in [3.05, 3.63) is 39.8 Å². The van der Waals surface area contributed by atoms with Crippen molar-refractivity contribution in [3.63, 3.8) is 0 Å².